The standard InChI is InChI=1S/C13H20N4OS3/c1-6-19-11-16-17-12(21-11)20-9(4)10(18)15-13(5,7-14)8(2)3/h8-9H,6H2,1-5H3,(H,15,18)/t9-,13+/m0/s1. The highest BCUT2D eigenvalue weighted by Gasteiger charge is 2.32. The average molecular weight is 345 g/mol. The molecule has 0 unspecified atom stereocenters. The van der Waals surface area contributed by atoms with Gasteiger partial charge < -0.3 is 5.32 Å². The zero-order valence-electron chi connectivity index (χ0n) is 12.8. The first-order valence-corrected chi connectivity index (χ1v) is 9.36. The molecule has 1 N–H and O–H groups in total. The minimum absolute atomic E-state index is 0.0396. The summed E-state index contributed by atoms with van der Waals surface area (Å²) in [5.41, 5.74) is -0.851. The predicted molar refractivity (Wildman–Crippen MR) is 88.6 cm³/mol. The van der Waals surface area contributed by atoms with E-state index in [4.69, 9.17) is 0 Å². The molecule has 0 aliphatic rings. The molecular weight excluding hydrogens is 324 g/mol. The Labute approximate surface area is 138 Å². The van der Waals surface area contributed by atoms with E-state index in [1.165, 1.54) is 23.1 Å². The first-order chi connectivity index (χ1) is 9.82. The first kappa shape index (κ1) is 18.3. The molecule has 1 aromatic heterocycles. The van der Waals surface area contributed by atoms with Crippen LogP contribution in [0.3, 0.4) is 0 Å². The number of carbonyl (C=O) groups is 1. The fraction of sp³-hybridized carbons (Fsp3) is 0.692. The van der Waals surface area contributed by atoms with Crippen molar-refractivity contribution in [3.63, 3.8) is 0 Å². The smallest absolute Gasteiger partial charge is 0.234 e. The number of thioether (sulfide) groups is 2. The second-order valence-corrected chi connectivity index (χ2v) is 9.06. The second-order valence-electron chi connectivity index (χ2n) is 4.99. The number of nitriles is 1. The summed E-state index contributed by atoms with van der Waals surface area (Å²) in [4.78, 5) is 12.2. The van der Waals surface area contributed by atoms with E-state index in [1.54, 1.807) is 18.7 Å². The summed E-state index contributed by atoms with van der Waals surface area (Å²) >= 11 is 4.50. The molecule has 0 radical (unpaired) electrons. The van der Waals surface area contributed by atoms with Crippen LogP contribution in [0.5, 0.6) is 0 Å². The van der Waals surface area contributed by atoms with E-state index in [0.717, 1.165) is 14.4 Å². The zero-order valence-corrected chi connectivity index (χ0v) is 15.3. The maximum absolute atomic E-state index is 12.2. The maximum Gasteiger partial charge on any atom is 0.234 e. The van der Waals surface area contributed by atoms with Gasteiger partial charge in [-0.2, -0.15) is 5.26 Å². The summed E-state index contributed by atoms with van der Waals surface area (Å²) in [6.45, 7) is 9.45. The first-order valence-electron chi connectivity index (χ1n) is 6.68. The molecule has 21 heavy (non-hydrogen) atoms. The number of carbonyl (C=O) groups excluding carboxylic acids is 1. The lowest BCUT2D eigenvalue weighted by molar-refractivity contribution is -0.121. The normalized spacial score (nSPS) is 15.3. The molecule has 116 valence electrons. The molecule has 5 nitrogen and oxygen atoms in total. The summed E-state index contributed by atoms with van der Waals surface area (Å²) < 4.78 is 1.69. The molecule has 2 atom stereocenters. The van der Waals surface area contributed by atoms with E-state index in [-0.39, 0.29) is 17.1 Å². The van der Waals surface area contributed by atoms with Gasteiger partial charge in [0.2, 0.25) is 5.91 Å². The molecule has 0 aliphatic heterocycles. The third-order valence-electron chi connectivity index (χ3n) is 3.07. The van der Waals surface area contributed by atoms with E-state index in [0.29, 0.717) is 0 Å². The van der Waals surface area contributed by atoms with Crippen LogP contribution in [0.2, 0.25) is 0 Å². The molecule has 0 aliphatic carbocycles. The lowest BCUT2D eigenvalue weighted by Crippen LogP contribution is -2.51. The van der Waals surface area contributed by atoms with Crippen LogP contribution in [0.15, 0.2) is 8.68 Å². The number of rotatable bonds is 7. The highest BCUT2D eigenvalue weighted by molar-refractivity contribution is 8.03. The number of aromatic nitrogens is 2. The number of hydrogen-bond donors (Lipinski definition) is 1. The van der Waals surface area contributed by atoms with E-state index >= 15 is 0 Å². The van der Waals surface area contributed by atoms with Crippen LogP contribution in [-0.2, 0) is 4.79 Å². The van der Waals surface area contributed by atoms with Gasteiger partial charge in [-0.15, -0.1) is 10.2 Å². The van der Waals surface area contributed by atoms with Crippen LogP contribution >= 0.6 is 34.9 Å². The fourth-order valence-electron chi connectivity index (χ4n) is 1.29. The SMILES string of the molecule is CCSc1nnc(S[C@@H](C)C(=O)N[C@](C)(C#N)C(C)C)s1. The van der Waals surface area contributed by atoms with Crippen LogP contribution in [0.25, 0.3) is 0 Å². The highest BCUT2D eigenvalue weighted by Crippen LogP contribution is 2.31. The molecule has 8 heteroatoms. The molecule has 0 spiro atoms. The Morgan fingerprint density at radius 1 is 1.43 bits per heavy atom. The highest BCUT2D eigenvalue weighted by atomic mass is 32.2. The molecule has 1 amide bonds. The summed E-state index contributed by atoms with van der Waals surface area (Å²) in [6, 6.07) is 2.18. The van der Waals surface area contributed by atoms with Crippen molar-refractivity contribution in [2.75, 3.05) is 5.75 Å². The van der Waals surface area contributed by atoms with E-state index < -0.39 is 5.54 Å². The quantitative estimate of drug-likeness (QED) is 0.765. The Hall–Kier alpha value is -0.780. The van der Waals surface area contributed by atoms with Crippen LogP contribution in [0, 0.1) is 17.2 Å². The van der Waals surface area contributed by atoms with Gasteiger partial charge in [-0.25, -0.2) is 0 Å². The molecule has 0 aromatic carbocycles. The van der Waals surface area contributed by atoms with Crippen LogP contribution in [0.4, 0.5) is 0 Å². The van der Waals surface area contributed by atoms with Gasteiger partial charge in [-0.3, -0.25) is 4.79 Å². The van der Waals surface area contributed by atoms with Crippen molar-refractivity contribution in [1.29, 1.82) is 5.26 Å². The van der Waals surface area contributed by atoms with Crippen molar-refractivity contribution in [2.45, 2.75) is 54.1 Å². The van der Waals surface area contributed by atoms with Crippen LogP contribution in [-0.4, -0.2) is 32.6 Å². The van der Waals surface area contributed by atoms with Gasteiger partial charge in [0.15, 0.2) is 8.68 Å². The van der Waals surface area contributed by atoms with Gasteiger partial charge >= 0.3 is 0 Å². The lowest BCUT2D eigenvalue weighted by atomic mass is 9.90. The van der Waals surface area contributed by atoms with Crippen molar-refractivity contribution >= 4 is 40.8 Å². The minimum atomic E-state index is -0.851. The predicted octanol–water partition coefficient (Wildman–Crippen LogP) is 3.19. The van der Waals surface area contributed by atoms with Crippen molar-refractivity contribution in [2.24, 2.45) is 5.92 Å². The van der Waals surface area contributed by atoms with Crippen LogP contribution < -0.4 is 5.32 Å². The van der Waals surface area contributed by atoms with E-state index in [9.17, 15) is 10.1 Å². The number of nitrogens with zero attached hydrogens (tertiary/aromatic N) is 3. The Bertz CT molecular complexity index is 526. The third-order valence-corrected chi connectivity index (χ3v) is 6.20. The number of hydrogen-bond acceptors (Lipinski definition) is 7. The molecule has 1 aromatic rings. The molecule has 1 rings (SSSR count). The van der Waals surface area contributed by atoms with Gasteiger partial charge in [0.25, 0.3) is 0 Å². The molecule has 1 heterocycles. The van der Waals surface area contributed by atoms with Crippen molar-refractivity contribution < 1.29 is 4.79 Å². The Kier molecular flexibility index (Phi) is 6.97. The zero-order chi connectivity index (χ0) is 16.0. The van der Waals surface area contributed by atoms with Gasteiger partial charge in [0.1, 0.15) is 5.54 Å². The molecule has 0 bridgehead atoms. The van der Waals surface area contributed by atoms with Gasteiger partial charge in [0.05, 0.1) is 11.3 Å². The lowest BCUT2D eigenvalue weighted by Gasteiger charge is -2.28. The molecule has 0 saturated heterocycles. The Balaban J connectivity index is 2.64. The second kappa shape index (κ2) is 8.01. The molecular formula is C13H20N4OS3. The summed E-state index contributed by atoms with van der Waals surface area (Å²) in [5, 5.41) is 19.9. The summed E-state index contributed by atoms with van der Waals surface area (Å²) in [5.74, 6) is 0.833. The van der Waals surface area contributed by atoms with E-state index in [2.05, 4.69) is 28.5 Å². The van der Waals surface area contributed by atoms with Crippen molar-refractivity contribution in [3.05, 3.63) is 0 Å². The fourth-order valence-corrected chi connectivity index (χ4v) is 4.35. The minimum Gasteiger partial charge on any atom is -0.337 e. The number of amides is 1. The summed E-state index contributed by atoms with van der Waals surface area (Å²) in [7, 11) is 0. The van der Waals surface area contributed by atoms with Gasteiger partial charge in [-0.05, 0) is 25.5 Å². The maximum atomic E-state index is 12.2. The van der Waals surface area contributed by atoms with Crippen molar-refractivity contribution in [1.82, 2.24) is 15.5 Å². The Morgan fingerprint density at radius 3 is 2.57 bits per heavy atom. The number of nitrogens with one attached hydrogen (secondary N) is 1. The third kappa shape index (κ3) is 5.16. The molecule has 0 saturated carbocycles. The molecule has 0 fully saturated rings. The van der Waals surface area contributed by atoms with E-state index in [1.807, 2.05) is 20.8 Å². The van der Waals surface area contributed by atoms with Crippen LogP contribution in [0.1, 0.15) is 34.6 Å². The van der Waals surface area contributed by atoms with Crippen molar-refractivity contribution in [3.8, 4) is 6.07 Å². The van der Waals surface area contributed by atoms with Gasteiger partial charge in [-0.1, -0.05) is 55.6 Å². The monoisotopic (exact) mass is 344 g/mol. The summed E-state index contributed by atoms with van der Waals surface area (Å²) in [6.07, 6.45) is 0. The largest absolute Gasteiger partial charge is 0.337 e. The van der Waals surface area contributed by atoms with Gasteiger partial charge in [0, 0.05) is 0 Å². The Morgan fingerprint density at radius 2 is 2.05 bits per heavy atom. The average Bonchev–Trinajstić information content (AvgIpc) is 2.86. The topological polar surface area (TPSA) is 78.7 Å².